The molecule has 20 atom stereocenters. The van der Waals surface area contributed by atoms with Crippen molar-refractivity contribution in [2.24, 2.45) is 0 Å². The number of hydrogen-bond acceptors (Lipinski definition) is 22. The van der Waals surface area contributed by atoms with Gasteiger partial charge in [-0.25, -0.2) is 26.3 Å². The van der Waals surface area contributed by atoms with Gasteiger partial charge >= 0.3 is 0 Å². The van der Waals surface area contributed by atoms with E-state index < -0.39 is 169 Å². The van der Waals surface area contributed by atoms with Crippen LogP contribution < -0.4 is 9.44 Å². The Balaban J connectivity index is 0.980. The Morgan fingerprint density at radius 2 is 0.669 bits per heavy atom. The molecule has 0 aliphatic carbocycles. The first-order chi connectivity index (χ1) is 57.1. The van der Waals surface area contributed by atoms with Gasteiger partial charge in [0.05, 0.1) is 82.0 Å². The molecule has 0 aromatic heterocycles. The van der Waals surface area contributed by atoms with Crippen molar-refractivity contribution < 1.29 is 103 Å². The third kappa shape index (κ3) is 23.3. The van der Waals surface area contributed by atoms with E-state index in [0.717, 1.165) is 22.3 Å². The van der Waals surface area contributed by atoms with Crippen LogP contribution in [-0.2, 0) is 137 Å². The number of rotatable bonds is 38. The fraction of sp³-hybridized carbons (Fsp3) is 0.407. The Kier molecular flexibility index (Phi) is 31.1. The normalized spacial score (nSPS) is 27.8. The Bertz CT molecular complexity index is 4690. The smallest absolute Gasteiger partial charge is 0.241 e. The zero-order valence-corrected chi connectivity index (χ0v) is 69.6. The summed E-state index contributed by atoms with van der Waals surface area (Å²) in [5.74, 6) is 0. The van der Waals surface area contributed by atoms with Crippen LogP contribution in [0.15, 0.2) is 283 Å². The van der Waals surface area contributed by atoms with E-state index in [9.17, 15) is 15.3 Å². The van der Waals surface area contributed by atoms with E-state index in [2.05, 4.69) is 9.44 Å². The molecular formula is C91H108N2O22S2Si. The van der Waals surface area contributed by atoms with Crippen molar-refractivity contribution in [3.05, 3.63) is 312 Å². The second-order valence-electron chi connectivity index (χ2n) is 31.4. The van der Waals surface area contributed by atoms with E-state index in [1.807, 2.05) is 253 Å². The molecule has 27 heteroatoms. The largest absolute Gasteiger partial charge is 0.394 e. The number of aliphatic hydroxyl groups is 3. The van der Waals surface area contributed by atoms with E-state index in [0.29, 0.717) is 16.7 Å². The van der Waals surface area contributed by atoms with Crippen LogP contribution >= 0.6 is 0 Å². The highest BCUT2D eigenvalue weighted by molar-refractivity contribution is 7.89. The average Bonchev–Trinajstić information content (AvgIpc) is 0.749. The van der Waals surface area contributed by atoms with Gasteiger partial charge in [0.1, 0.15) is 91.4 Å². The van der Waals surface area contributed by atoms with Gasteiger partial charge in [-0.2, -0.15) is 0 Å². The van der Waals surface area contributed by atoms with E-state index in [4.69, 9.17) is 70.7 Å². The number of sulfonamides is 2. The molecule has 4 fully saturated rings. The molecule has 9 aromatic carbocycles. The predicted molar refractivity (Wildman–Crippen MR) is 441 cm³/mol. The van der Waals surface area contributed by atoms with Gasteiger partial charge in [0.2, 0.25) is 20.0 Å². The maximum absolute atomic E-state index is 15.8. The molecule has 8 unspecified atom stereocenters. The third-order valence-electron chi connectivity index (χ3n) is 21.9. The van der Waals surface area contributed by atoms with Crippen molar-refractivity contribution in [1.82, 2.24) is 9.44 Å². The van der Waals surface area contributed by atoms with E-state index in [1.165, 1.54) is 24.3 Å². The molecule has 5 N–H and O–H groups in total. The van der Waals surface area contributed by atoms with E-state index >= 15 is 16.8 Å². The summed E-state index contributed by atoms with van der Waals surface area (Å²) in [7, 11) is -12.4. The average molecular weight is 1670 g/mol. The third-order valence-corrected chi connectivity index (χ3v) is 29.2. The van der Waals surface area contributed by atoms with Crippen LogP contribution in [0.4, 0.5) is 0 Å². The number of ether oxygens (including phenoxy) is 14. The van der Waals surface area contributed by atoms with Crippen molar-refractivity contribution in [3.63, 3.8) is 0 Å². The quantitative estimate of drug-likeness (QED) is 0.0225. The molecule has 630 valence electrons. The van der Waals surface area contributed by atoms with Crippen molar-refractivity contribution in [2.45, 2.75) is 225 Å². The van der Waals surface area contributed by atoms with E-state index in [-0.39, 0.29) is 62.6 Å². The molecule has 118 heavy (non-hydrogen) atoms. The first-order valence-electron chi connectivity index (χ1n) is 40.0. The van der Waals surface area contributed by atoms with E-state index in [1.54, 1.807) is 36.4 Å². The maximum Gasteiger partial charge on any atom is 0.241 e. The van der Waals surface area contributed by atoms with Gasteiger partial charge in [0, 0.05) is 0 Å². The molecule has 4 aliphatic heterocycles. The summed E-state index contributed by atoms with van der Waals surface area (Å²) < 4.78 is 176. The van der Waals surface area contributed by atoms with Crippen LogP contribution in [-0.4, -0.2) is 183 Å². The lowest BCUT2D eigenvalue weighted by atomic mass is 9.94. The minimum atomic E-state index is -4.74. The molecular weight excluding hydrogens is 1570 g/mol. The number of benzene rings is 9. The topological polar surface area (TPSA) is 291 Å². The van der Waals surface area contributed by atoms with Gasteiger partial charge < -0.3 is 86.1 Å². The summed E-state index contributed by atoms with van der Waals surface area (Å²) >= 11 is 0. The lowest BCUT2D eigenvalue weighted by molar-refractivity contribution is -0.371. The van der Waals surface area contributed by atoms with Gasteiger partial charge in [-0.15, -0.1) is 0 Å². The van der Waals surface area contributed by atoms with Crippen molar-refractivity contribution in [1.29, 1.82) is 0 Å². The highest BCUT2D eigenvalue weighted by atomic mass is 32.2. The molecule has 4 heterocycles. The Labute approximate surface area is 693 Å². The van der Waals surface area contributed by atoms with Gasteiger partial charge in [0.15, 0.2) is 33.5 Å². The Morgan fingerprint density at radius 3 is 1.07 bits per heavy atom. The van der Waals surface area contributed by atoms with Gasteiger partial charge in [-0.1, -0.05) is 269 Å². The Morgan fingerprint density at radius 1 is 0.347 bits per heavy atom. The summed E-state index contributed by atoms with van der Waals surface area (Å²) in [6.07, 6.45) is -25.3. The SMILES string of the molecule is C[C@@H]1O[C@H](OCC2O[C@@H](O[Si](C)(C)C(C)(C)C)C(NS(=O)(=O)c3ccccc3)[C@H](OCc3ccccc3)[C@H]2O[C@@H]2OC(COCc3ccccc3)[C@H](O[C@@H]3OC(CO)[C@H](O)[C@H](O)C3OCc3ccccc3)[C@H](OCc3ccccc3)C2NS(=O)(=O)c2ccccc2)C(OCc2ccccc2)C(OCc2ccccc2)[C@@H]1OCc1ccccc1. The van der Waals surface area contributed by atoms with Gasteiger partial charge in [-0.05, 0) is 88.3 Å². The van der Waals surface area contributed by atoms with Gasteiger partial charge in [0.25, 0.3) is 0 Å². The summed E-state index contributed by atoms with van der Waals surface area (Å²) in [6, 6.07) is 78.3. The summed E-state index contributed by atoms with van der Waals surface area (Å²) in [5, 5.41) is 34.2. The molecule has 0 bridgehead atoms. The molecule has 4 aliphatic rings. The van der Waals surface area contributed by atoms with Crippen molar-refractivity contribution >= 4 is 28.4 Å². The first-order valence-corrected chi connectivity index (χ1v) is 45.8. The zero-order chi connectivity index (χ0) is 82.7. The molecule has 0 saturated carbocycles. The molecule has 0 radical (unpaired) electrons. The lowest BCUT2D eigenvalue weighted by Gasteiger charge is -2.52. The van der Waals surface area contributed by atoms with Crippen LogP contribution in [0.1, 0.15) is 66.6 Å². The lowest BCUT2D eigenvalue weighted by Crippen LogP contribution is -2.71. The highest BCUT2D eigenvalue weighted by Gasteiger charge is 2.59. The molecule has 4 saturated heterocycles. The monoisotopic (exact) mass is 1670 g/mol. The molecule has 0 amide bonds. The predicted octanol–water partition coefficient (Wildman–Crippen LogP) is 11.9. The van der Waals surface area contributed by atoms with Gasteiger partial charge in [-0.3, -0.25) is 0 Å². The second kappa shape index (κ2) is 41.7. The second-order valence-corrected chi connectivity index (χ2v) is 39.6. The van der Waals surface area contributed by atoms with Crippen LogP contribution in [0.2, 0.25) is 18.1 Å². The molecule has 9 aromatic rings. The fourth-order valence-corrected chi connectivity index (χ4v) is 18.1. The standard InChI is InChI=1S/C91H108N2O22S2Si/c1-62-79(102-54-64-36-18-8-19-37-64)85(106-58-68-44-26-12-27-45-68)86(107-59-69-46-28-13-29-47-69)89(109-62)108-61-74-81(83(104-56-66-40-22-10-23-41-66)76(88(112-74)115-118(5,6)91(2,3)4)93-117(99,100)71-50-32-15-33-51-71)113-87-75(92-116(97,98)70-48-30-14-31-49-70)82(103-55-65-38-20-9-21-39-65)80(73(111-87)60-101-53-63-34-16-7-17-35-63)114-90-84(78(96)77(95)72(52-94)110-90)105-57-67-42-24-11-25-43-67/h7-51,62,72-90,92-96H,52-61H2,1-6H3/t62-,72?,73?,74?,75?,76?,77-,78-,79+,80-,81-,82+,83-,84?,85?,86?,87-,88-,89-,90-/m0/s1. The Hall–Kier alpha value is -7.70. The fourth-order valence-electron chi connectivity index (χ4n) is 14.4. The summed E-state index contributed by atoms with van der Waals surface area (Å²) in [6.45, 7) is 10.4. The van der Waals surface area contributed by atoms with Crippen molar-refractivity contribution in [2.75, 3.05) is 19.8 Å². The maximum atomic E-state index is 15.8. The van der Waals surface area contributed by atoms with Crippen LogP contribution in [0, 0.1) is 0 Å². The summed E-state index contributed by atoms with van der Waals surface area (Å²) in [5.41, 5.74) is 5.40. The molecule has 13 rings (SSSR count). The number of aliphatic hydroxyl groups excluding tert-OH is 3. The minimum Gasteiger partial charge on any atom is -0.394 e. The van der Waals surface area contributed by atoms with Crippen LogP contribution in [0.3, 0.4) is 0 Å². The number of hydrogen-bond donors (Lipinski definition) is 5. The summed E-state index contributed by atoms with van der Waals surface area (Å²) in [4.78, 5) is -0.266. The highest BCUT2D eigenvalue weighted by Crippen LogP contribution is 2.43. The minimum absolute atomic E-state index is 0.0128. The first kappa shape index (κ1) is 88.1. The van der Waals surface area contributed by atoms with Crippen molar-refractivity contribution in [3.8, 4) is 0 Å². The van der Waals surface area contributed by atoms with Crippen LogP contribution in [0.5, 0.6) is 0 Å². The number of nitrogens with one attached hydrogen (secondary N) is 2. The van der Waals surface area contributed by atoms with Crippen LogP contribution in [0.25, 0.3) is 0 Å². The molecule has 0 spiro atoms. The molecule has 24 nitrogen and oxygen atoms in total. The zero-order valence-electron chi connectivity index (χ0n) is 67.0.